The van der Waals surface area contributed by atoms with Gasteiger partial charge in [-0.05, 0) is 43.9 Å². The van der Waals surface area contributed by atoms with Crippen LogP contribution in [0.15, 0.2) is 51.8 Å². The van der Waals surface area contributed by atoms with Gasteiger partial charge in [0.1, 0.15) is 11.6 Å². The van der Waals surface area contributed by atoms with Crippen LogP contribution in [0.5, 0.6) is 0 Å². The first-order chi connectivity index (χ1) is 15.7. The summed E-state index contributed by atoms with van der Waals surface area (Å²) in [6.07, 6.45) is 2.68. The molecule has 2 fully saturated rings. The number of nitrogens with zero attached hydrogens (tertiary/aromatic N) is 4. The summed E-state index contributed by atoms with van der Waals surface area (Å²) < 4.78 is 7.38. The normalized spacial score (nSPS) is 23.6. The number of hydrogen-bond donors (Lipinski definition) is 1. The fraction of sp³-hybridized carbons (Fsp3) is 0.417. The molecule has 9 heteroatoms. The Bertz CT molecular complexity index is 1220. The van der Waals surface area contributed by atoms with Gasteiger partial charge in [-0.25, -0.2) is 0 Å². The number of likely N-dealkylation sites (tertiary alicyclic amines) is 1. The molecule has 172 valence electrons. The first-order valence-electron chi connectivity index (χ1n) is 11.3. The van der Waals surface area contributed by atoms with Crippen LogP contribution in [-0.4, -0.2) is 45.1 Å². The van der Waals surface area contributed by atoms with Crippen molar-refractivity contribution in [3.05, 3.63) is 70.0 Å². The van der Waals surface area contributed by atoms with Crippen molar-refractivity contribution >= 4 is 18.3 Å². The zero-order chi connectivity index (χ0) is 21.7. The zero-order valence-electron chi connectivity index (χ0n) is 18.1. The number of aromatic nitrogens is 3. The first-order valence-corrected chi connectivity index (χ1v) is 11.3. The number of benzene rings is 1. The van der Waals surface area contributed by atoms with Crippen molar-refractivity contribution in [2.75, 3.05) is 19.6 Å². The molecule has 2 bridgehead atoms. The highest BCUT2D eigenvalue weighted by Gasteiger charge is 2.37. The number of pyridine rings is 1. The fourth-order valence-electron chi connectivity index (χ4n) is 5.45. The van der Waals surface area contributed by atoms with E-state index < -0.39 is 0 Å². The Hall–Kier alpha value is -2.97. The summed E-state index contributed by atoms with van der Waals surface area (Å²) in [5.74, 6) is 1.47. The first kappa shape index (κ1) is 21.9. The highest BCUT2D eigenvalue weighted by atomic mass is 35.5. The largest absolute Gasteiger partial charge is 0.337 e. The quantitative estimate of drug-likeness (QED) is 0.636. The Labute approximate surface area is 197 Å². The minimum Gasteiger partial charge on any atom is -0.337 e. The van der Waals surface area contributed by atoms with Crippen molar-refractivity contribution < 1.29 is 9.32 Å². The van der Waals surface area contributed by atoms with Gasteiger partial charge in [-0.2, -0.15) is 4.98 Å². The maximum atomic E-state index is 13.5. The molecular formula is C24H26ClN5O3. The molecule has 1 amide bonds. The number of halogens is 1. The molecule has 3 aromatic rings. The van der Waals surface area contributed by atoms with Gasteiger partial charge in [0.2, 0.25) is 11.7 Å². The molecule has 8 nitrogen and oxygen atoms in total. The SMILES string of the molecule is Cl.O=C(c1ccc2n(c1=O)C[C@@H]1CNC[C@H]2C1)N1CCC[C@H]1c1nc(-c2ccccc2)no1. The summed E-state index contributed by atoms with van der Waals surface area (Å²) in [5, 5.41) is 7.56. The van der Waals surface area contributed by atoms with E-state index in [1.54, 1.807) is 11.0 Å². The minimum absolute atomic E-state index is 0. The molecule has 3 atom stereocenters. The summed E-state index contributed by atoms with van der Waals surface area (Å²) >= 11 is 0. The minimum atomic E-state index is -0.309. The van der Waals surface area contributed by atoms with Gasteiger partial charge in [0.25, 0.3) is 11.5 Å². The zero-order valence-corrected chi connectivity index (χ0v) is 19.0. The molecule has 0 saturated carbocycles. The van der Waals surface area contributed by atoms with Crippen LogP contribution >= 0.6 is 12.4 Å². The van der Waals surface area contributed by atoms with Crippen molar-refractivity contribution in [3.63, 3.8) is 0 Å². The van der Waals surface area contributed by atoms with Gasteiger partial charge >= 0.3 is 0 Å². The van der Waals surface area contributed by atoms with Crippen molar-refractivity contribution in [2.45, 2.75) is 37.8 Å². The summed E-state index contributed by atoms with van der Waals surface area (Å²) in [5.41, 5.74) is 1.96. The highest BCUT2D eigenvalue weighted by molar-refractivity contribution is 5.94. The average Bonchev–Trinajstić information content (AvgIpc) is 3.50. The second kappa shape index (κ2) is 8.76. The van der Waals surface area contributed by atoms with Crippen LogP contribution in [0.4, 0.5) is 0 Å². The van der Waals surface area contributed by atoms with Gasteiger partial charge in [0.05, 0.1) is 0 Å². The number of carbonyl (C=O) groups is 1. The van der Waals surface area contributed by atoms with Gasteiger partial charge in [-0.15, -0.1) is 12.4 Å². The van der Waals surface area contributed by atoms with Crippen LogP contribution in [0.3, 0.4) is 0 Å². The van der Waals surface area contributed by atoms with Crippen molar-refractivity contribution in [2.24, 2.45) is 5.92 Å². The molecule has 0 aliphatic carbocycles. The van der Waals surface area contributed by atoms with Crippen LogP contribution in [0.1, 0.15) is 53.2 Å². The summed E-state index contributed by atoms with van der Waals surface area (Å²) in [4.78, 5) is 33.1. The maximum absolute atomic E-state index is 13.5. The molecule has 2 aromatic heterocycles. The monoisotopic (exact) mass is 467 g/mol. The van der Waals surface area contributed by atoms with Crippen LogP contribution in [0, 0.1) is 5.92 Å². The molecule has 1 aromatic carbocycles. The second-order valence-electron chi connectivity index (χ2n) is 9.02. The molecule has 2 saturated heterocycles. The van der Waals surface area contributed by atoms with Crippen LogP contribution in [-0.2, 0) is 6.54 Å². The third-order valence-corrected chi connectivity index (χ3v) is 7.01. The van der Waals surface area contributed by atoms with Gasteiger partial charge in [-0.3, -0.25) is 9.59 Å². The lowest BCUT2D eigenvalue weighted by molar-refractivity contribution is 0.0706. The van der Waals surface area contributed by atoms with E-state index in [9.17, 15) is 9.59 Å². The Kier molecular flexibility index (Phi) is 5.80. The van der Waals surface area contributed by atoms with E-state index in [4.69, 9.17) is 4.52 Å². The molecule has 6 rings (SSSR count). The molecule has 3 aliphatic rings. The number of piperidine rings is 1. The number of hydrogen-bond acceptors (Lipinski definition) is 6. The molecule has 0 spiro atoms. The van der Waals surface area contributed by atoms with Crippen LogP contribution < -0.4 is 10.9 Å². The maximum Gasteiger partial charge on any atom is 0.263 e. The van der Waals surface area contributed by atoms with Crippen LogP contribution in [0.2, 0.25) is 0 Å². The standard InChI is InChI=1S/C24H25N5O3.ClH/c30-23(18-8-9-19-17-11-15(12-25-13-17)14-29(19)24(18)31)28-10-4-7-20(28)22-26-21(27-32-22)16-5-2-1-3-6-16;/h1-3,5-6,8-9,15,17,20,25H,4,7,10-14H2;1H/t15-,17+,20-;/m0./s1. The fourth-order valence-corrected chi connectivity index (χ4v) is 5.45. The summed E-state index contributed by atoms with van der Waals surface area (Å²) in [6, 6.07) is 13.0. The lowest BCUT2D eigenvalue weighted by Gasteiger charge is -2.37. The predicted octanol–water partition coefficient (Wildman–Crippen LogP) is 3.00. The number of nitrogens with one attached hydrogen (secondary N) is 1. The molecule has 0 radical (unpaired) electrons. The van der Waals surface area contributed by atoms with Crippen LogP contribution in [0.25, 0.3) is 11.4 Å². The van der Waals surface area contributed by atoms with E-state index in [0.717, 1.165) is 43.6 Å². The number of fused-ring (bicyclic) bond motifs is 4. The highest BCUT2D eigenvalue weighted by Crippen LogP contribution is 2.34. The third kappa shape index (κ3) is 3.77. The molecule has 5 heterocycles. The summed E-state index contributed by atoms with van der Waals surface area (Å²) in [7, 11) is 0. The lowest BCUT2D eigenvalue weighted by Crippen LogP contribution is -2.46. The van der Waals surface area contributed by atoms with Gasteiger partial charge < -0.3 is 19.3 Å². The predicted molar refractivity (Wildman–Crippen MR) is 124 cm³/mol. The number of carbonyl (C=O) groups excluding carboxylic acids is 1. The topological polar surface area (TPSA) is 93.3 Å². The van der Waals surface area contributed by atoms with E-state index in [-0.39, 0.29) is 35.5 Å². The van der Waals surface area contributed by atoms with E-state index in [1.165, 1.54) is 0 Å². The van der Waals surface area contributed by atoms with Gasteiger partial charge in [-0.1, -0.05) is 35.5 Å². The van der Waals surface area contributed by atoms with Crippen molar-refractivity contribution in [1.29, 1.82) is 0 Å². The van der Waals surface area contributed by atoms with Crippen molar-refractivity contribution in [1.82, 2.24) is 24.9 Å². The van der Waals surface area contributed by atoms with E-state index in [0.29, 0.717) is 36.6 Å². The van der Waals surface area contributed by atoms with Crippen molar-refractivity contribution in [3.8, 4) is 11.4 Å². The van der Waals surface area contributed by atoms with Gasteiger partial charge in [0.15, 0.2) is 0 Å². The average molecular weight is 468 g/mol. The van der Waals surface area contributed by atoms with Gasteiger partial charge in [0, 0.05) is 36.8 Å². The number of rotatable bonds is 3. The Morgan fingerprint density at radius 2 is 1.97 bits per heavy atom. The van der Waals surface area contributed by atoms with E-state index in [2.05, 4.69) is 15.5 Å². The Morgan fingerprint density at radius 3 is 2.82 bits per heavy atom. The van der Waals surface area contributed by atoms with E-state index in [1.807, 2.05) is 41.0 Å². The summed E-state index contributed by atoms with van der Waals surface area (Å²) in [6.45, 7) is 3.06. The van der Waals surface area contributed by atoms with E-state index >= 15 is 0 Å². The molecule has 1 N–H and O–H groups in total. The Morgan fingerprint density at radius 1 is 1.12 bits per heavy atom. The molecule has 33 heavy (non-hydrogen) atoms. The molecule has 3 aliphatic heterocycles. The second-order valence-corrected chi connectivity index (χ2v) is 9.02. The lowest BCUT2D eigenvalue weighted by atomic mass is 9.84. The molecule has 0 unspecified atom stereocenters. The Balaban J connectivity index is 0.00000228. The smallest absolute Gasteiger partial charge is 0.263 e. The molecular weight excluding hydrogens is 442 g/mol. The number of amides is 1. The third-order valence-electron chi connectivity index (χ3n) is 7.01.